The Morgan fingerprint density at radius 2 is 2.06 bits per heavy atom. The molecule has 1 amide bonds. The molecule has 2 heterocycles. The third-order valence-corrected chi connectivity index (χ3v) is 2.20. The standard InChI is InChI=1S/C12H12N4O/c1-13-9-4-5-11(15-8-9)12(17)16-10-3-2-6-14-7-10/h2-8,13H,1H3,(H,16,17). The second kappa shape index (κ2) is 5.07. The van der Waals surface area contributed by atoms with Gasteiger partial charge in [0.15, 0.2) is 0 Å². The van der Waals surface area contributed by atoms with Crippen LogP contribution in [0.3, 0.4) is 0 Å². The maximum absolute atomic E-state index is 11.8. The van der Waals surface area contributed by atoms with Gasteiger partial charge in [0, 0.05) is 13.2 Å². The highest BCUT2D eigenvalue weighted by Gasteiger charge is 2.06. The zero-order valence-electron chi connectivity index (χ0n) is 9.34. The van der Waals surface area contributed by atoms with Gasteiger partial charge >= 0.3 is 0 Å². The summed E-state index contributed by atoms with van der Waals surface area (Å²) in [6, 6.07) is 6.99. The van der Waals surface area contributed by atoms with E-state index in [9.17, 15) is 4.79 Å². The molecule has 2 rings (SSSR count). The topological polar surface area (TPSA) is 66.9 Å². The van der Waals surface area contributed by atoms with Crippen LogP contribution in [0.1, 0.15) is 10.5 Å². The minimum absolute atomic E-state index is 0.249. The number of pyridine rings is 2. The molecule has 2 N–H and O–H groups in total. The summed E-state index contributed by atoms with van der Waals surface area (Å²) in [7, 11) is 1.80. The van der Waals surface area contributed by atoms with Crippen molar-refractivity contribution in [2.75, 3.05) is 17.7 Å². The van der Waals surface area contributed by atoms with Gasteiger partial charge in [-0.1, -0.05) is 0 Å². The third-order valence-electron chi connectivity index (χ3n) is 2.20. The molecule has 0 saturated heterocycles. The fourth-order valence-electron chi connectivity index (χ4n) is 1.31. The number of carbonyl (C=O) groups is 1. The molecule has 0 unspecified atom stereocenters. The van der Waals surface area contributed by atoms with Crippen LogP contribution in [0.25, 0.3) is 0 Å². The van der Waals surface area contributed by atoms with E-state index in [1.54, 1.807) is 49.9 Å². The fourth-order valence-corrected chi connectivity index (χ4v) is 1.31. The fraction of sp³-hybridized carbons (Fsp3) is 0.0833. The average Bonchev–Trinajstić information content (AvgIpc) is 2.40. The maximum atomic E-state index is 11.8. The van der Waals surface area contributed by atoms with E-state index in [4.69, 9.17) is 0 Å². The minimum Gasteiger partial charge on any atom is -0.387 e. The van der Waals surface area contributed by atoms with Gasteiger partial charge in [-0.05, 0) is 24.3 Å². The predicted octanol–water partition coefficient (Wildman–Crippen LogP) is 1.77. The lowest BCUT2D eigenvalue weighted by atomic mass is 10.3. The van der Waals surface area contributed by atoms with Crippen LogP contribution in [-0.2, 0) is 0 Å². The highest BCUT2D eigenvalue weighted by atomic mass is 16.1. The van der Waals surface area contributed by atoms with Gasteiger partial charge in [-0.25, -0.2) is 4.98 Å². The molecular formula is C12H12N4O. The highest BCUT2D eigenvalue weighted by molar-refractivity contribution is 6.02. The van der Waals surface area contributed by atoms with Crippen molar-refractivity contribution in [3.05, 3.63) is 48.5 Å². The lowest BCUT2D eigenvalue weighted by molar-refractivity contribution is 0.102. The summed E-state index contributed by atoms with van der Waals surface area (Å²) in [6.07, 6.45) is 4.84. The molecular weight excluding hydrogens is 216 g/mol. The van der Waals surface area contributed by atoms with Crippen LogP contribution in [0.2, 0.25) is 0 Å². The number of nitrogens with zero attached hydrogens (tertiary/aromatic N) is 2. The summed E-state index contributed by atoms with van der Waals surface area (Å²) in [5, 5.41) is 5.65. The molecule has 5 heteroatoms. The number of hydrogen-bond donors (Lipinski definition) is 2. The Bertz CT molecular complexity index is 496. The van der Waals surface area contributed by atoms with Crippen molar-refractivity contribution in [1.29, 1.82) is 0 Å². The molecule has 17 heavy (non-hydrogen) atoms. The molecule has 5 nitrogen and oxygen atoms in total. The van der Waals surface area contributed by atoms with Gasteiger partial charge < -0.3 is 10.6 Å². The number of hydrogen-bond acceptors (Lipinski definition) is 4. The third kappa shape index (κ3) is 2.78. The van der Waals surface area contributed by atoms with Gasteiger partial charge in [0.05, 0.1) is 23.8 Å². The van der Waals surface area contributed by atoms with Crippen LogP contribution in [0.5, 0.6) is 0 Å². The van der Waals surface area contributed by atoms with Crippen molar-refractivity contribution in [2.24, 2.45) is 0 Å². The van der Waals surface area contributed by atoms with Crippen molar-refractivity contribution in [1.82, 2.24) is 9.97 Å². The summed E-state index contributed by atoms with van der Waals surface area (Å²) in [5.74, 6) is -0.249. The van der Waals surface area contributed by atoms with Crippen molar-refractivity contribution in [3.8, 4) is 0 Å². The minimum atomic E-state index is -0.249. The number of rotatable bonds is 3. The molecule has 0 atom stereocenters. The van der Waals surface area contributed by atoms with Gasteiger partial charge in [0.25, 0.3) is 5.91 Å². The zero-order valence-corrected chi connectivity index (χ0v) is 9.34. The summed E-state index contributed by atoms with van der Waals surface area (Å²) in [4.78, 5) is 19.8. The average molecular weight is 228 g/mol. The molecule has 0 aliphatic carbocycles. The van der Waals surface area contributed by atoms with Crippen LogP contribution >= 0.6 is 0 Å². The molecule has 0 spiro atoms. The summed E-state index contributed by atoms with van der Waals surface area (Å²) < 4.78 is 0. The number of anilines is 2. The first-order valence-corrected chi connectivity index (χ1v) is 5.15. The lowest BCUT2D eigenvalue weighted by Crippen LogP contribution is -2.13. The Morgan fingerprint density at radius 1 is 1.18 bits per heavy atom. The Labute approximate surface area is 98.9 Å². The van der Waals surface area contributed by atoms with E-state index in [2.05, 4.69) is 20.6 Å². The van der Waals surface area contributed by atoms with Crippen LogP contribution in [0, 0.1) is 0 Å². The van der Waals surface area contributed by atoms with Gasteiger partial charge in [-0.3, -0.25) is 9.78 Å². The molecule has 0 radical (unpaired) electrons. The van der Waals surface area contributed by atoms with E-state index in [1.165, 1.54) is 0 Å². The van der Waals surface area contributed by atoms with Crippen molar-refractivity contribution in [3.63, 3.8) is 0 Å². The normalized spacial score (nSPS) is 9.71. The van der Waals surface area contributed by atoms with Crippen molar-refractivity contribution < 1.29 is 4.79 Å². The van der Waals surface area contributed by atoms with Gasteiger partial charge in [0.1, 0.15) is 5.69 Å². The molecule has 86 valence electrons. The van der Waals surface area contributed by atoms with E-state index >= 15 is 0 Å². The van der Waals surface area contributed by atoms with Crippen LogP contribution in [-0.4, -0.2) is 22.9 Å². The molecule has 0 aliphatic heterocycles. The summed E-state index contributed by atoms with van der Waals surface area (Å²) in [5.41, 5.74) is 1.88. The zero-order chi connectivity index (χ0) is 12.1. The molecule has 0 saturated carbocycles. The van der Waals surface area contributed by atoms with E-state index in [0.717, 1.165) is 5.69 Å². The molecule has 0 aliphatic rings. The monoisotopic (exact) mass is 228 g/mol. The molecule has 0 aromatic carbocycles. The quantitative estimate of drug-likeness (QED) is 0.840. The second-order valence-electron chi connectivity index (χ2n) is 3.38. The maximum Gasteiger partial charge on any atom is 0.274 e. The Kier molecular flexibility index (Phi) is 3.30. The van der Waals surface area contributed by atoms with E-state index in [1.807, 2.05) is 0 Å². The summed E-state index contributed by atoms with van der Waals surface area (Å²) in [6.45, 7) is 0. The number of amides is 1. The van der Waals surface area contributed by atoms with Gasteiger partial charge in [0.2, 0.25) is 0 Å². The van der Waals surface area contributed by atoms with Crippen LogP contribution in [0.15, 0.2) is 42.9 Å². The van der Waals surface area contributed by atoms with Crippen molar-refractivity contribution >= 4 is 17.3 Å². The smallest absolute Gasteiger partial charge is 0.274 e. The number of nitrogens with one attached hydrogen (secondary N) is 2. The van der Waals surface area contributed by atoms with E-state index in [0.29, 0.717) is 11.4 Å². The molecule has 0 fully saturated rings. The van der Waals surface area contributed by atoms with Gasteiger partial charge in [-0.2, -0.15) is 0 Å². The Morgan fingerprint density at radius 3 is 2.65 bits per heavy atom. The van der Waals surface area contributed by atoms with Gasteiger partial charge in [-0.15, -0.1) is 0 Å². The SMILES string of the molecule is CNc1ccc(C(=O)Nc2cccnc2)nc1. The van der Waals surface area contributed by atoms with Crippen molar-refractivity contribution in [2.45, 2.75) is 0 Å². The first kappa shape index (κ1) is 11.1. The Hall–Kier alpha value is -2.43. The largest absolute Gasteiger partial charge is 0.387 e. The highest BCUT2D eigenvalue weighted by Crippen LogP contribution is 2.08. The molecule has 0 bridgehead atoms. The predicted molar refractivity (Wildman–Crippen MR) is 66.0 cm³/mol. The lowest BCUT2D eigenvalue weighted by Gasteiger charge is -2.04. The van der Waals surface area contributed by atoms with E-state index < -0.39 is 0 Å². The summed E-state index contributed by atoms with van der Waals surface area (Å²) >= 11 is 0. The first-order valence-electron chi connectivity index (χ1n) is 5.15. The number of aromatic nitrogens is 2. The molecule has 2 aromatic rings. The van der Waals surface area contributed by atoms with Crippen LogP contribution in [0.4, 0.5) is 11.4 Å². The Balaban J connectivity index is 2.09. The van der Waals surface area contributed by atoms with E-state index in [-0.39, 0.29) is 5.91 Å². The number of carbonyl (C=O) groups excluding carboxylic acids is 1. The molecule has 2 aromatic heterocycles. The second-order valence-corrected chi connectivity index (χ2v) is 3.38. The van der Waals surface area contributed by atoms with Crippen LogP contribution < -0.4 is 10.6 Å². The first-order chi connectivity index (χ1) is 8.29.